The molecule has 328 valence electrons. The molecule has 70 heavy (non-hydrogen) atoms. The SMILES string of the molecule is c1ccc(N(c2cc(N(c3ccc4ccccc4c3)c3ccccn3)c3oc4cc(-c5ccc6c7ccccc7n(-c7cccc8ccccc78)c6c5)ccc4c3c2)c2cccc3ccccc23)nc1. The van der Waals surface area contributed by atoms with Crippen molar-refractivity contribution in [2.24, 2.45) is 0 Å². The predicted octanol–water partition coefficient (Wildman–Crippen LogP) is 17.5. The highest BCUT2D eigenvalue weighted by atomic mass is 16.3. The number of rotatable bonds is 8. The van der Waals surface area contributed by atoms with E-state index in [2.05, 4.69) is 227 Å². The molecule has 6 nitrogen and oxygen atoms in total. The monoisotopic (exact) mass is 895 g/mol. The van der Waals surface area contributed by atoms with Gasteiger partial charge in [0.1, 0.15) is 17.2 Å². The second kappa shape index (κ2) is 16.1. The van der Waals surface area contributed by atoms with E-state index in [4.69, 9.17) is 14.4 Å². The number of nitrogens with zero attached hydrogens (tertiary/aromatic N) is 5. The molecule has 14 rings (SSSR count). The minimum atomic E-state index is 0.750. The van der Waals surface area contributed by atoms with Crippen LogP contribution >= 0.6 is 0 Å². The third-order valence-corrected chi connectivity index (χ3v) is 13.8. The summed E-state index contributed by atoms with van der Waals surface area (Å²) < 4.78 is 9.66. The minimum Gasteiger partial charge on any atom is -0.454 e. The van der Waals surface area contributed by atoms with Crippen LogP contribution in [0, 0.1) is 0 Å². The molecule has 0 unspecified atom stereocenters. The zero-order valence-electron chi connectivity index (χ0n) is 37.8. The van der Waals surface area contributed by atoms with E-state index < -0.39 is 0 Å². The molecule has 0 amide bonds. The van der Waals surface area contributed by atoms with E-state index in [0.29, 0.717) is 0 Å². The van der Waals surface area contributed by atoms with Gasteiger partial charge < -0.3 is 8.98 Å². The Balaban J connectivity index is 1.02. The van der Waals surface area contributed by atoms with Crippen LogP contribution in [0.4, 0.5) is 34.4 Å². The van der Waals surface area contributed by atoms with Crippen LogP contribution in [-0.2, 0) is 0 Å². The third kappa shape index (κ3) is 6.42. The molecule has 0 saturated carbocycles. The smallest absolute Gasteiger partial charge is 0.159 e. The van der Waals surface area contributed by atoms with Crippen molar-refractivity contribution in [3.05, 3.63) is 249 Å². The number of hydrogen-bond acceptors (Lipinski definition) is 5. The predicted molar refractivity (Wildman–Crippen MR) is 291 cm³/mol. The highest BCUT2D eigenvalue weighted by molar-refractivity contribution is 6.15. The van der Waals surface area contributed by atoms with Gasteiger partial charge in [0.25, 0.3) is 0 Å². The molecule has 0 fully saturated rings. The number of aromatic nitrogens is 3. The molecule has 0 spiro atoms. The molecule has 0 saturated heterocycles. The molecule has 0 radical (unpaired) electrons. The van der Waals surface area contributed by atoms with Gasteiger partial charge in [0, 0.05) is 50.4 Å². The Labute approximate surface area is 403 Å². The lowest BCUT2D eigenvalue weighted by molar-refractivity contribution is 0.669. The van der Waals surface area contributed by atoms with Crippen molar-refractivity contribution in [1.29, 1.82) is 0 Å². The zero-order valence-corrected chi connectivity index (χ0v) is 37.8. The molecule has 14 aromatic rings. The summed E-state index contributed by atoms with van der Waals surface area (Å²) in [5.74, 6) is 1.56. The summed E-state index contributed by atoms with van der Waals surface area (Å²) in [6, 6.07) is 84.1. The van der Waals surface area contributed by atoms with Crippen LogP contribution in [-0.4, -0.2) is 14.5 Å². The lowest BCUT2D eigenvalue weighted by atomic mass is 10.0. The van der Waals surface area contributed by atoms with Crippen LogP contribution in [0.15, 0.2) is 253 Å². The summed E-state index contributed by atoms with van der Waals surface area (Å²) in [7, 11) is 0. The molecule has 4 heterocycles. The van der Waals surface area contributed by atoms with Crippen molar-refractivity contribution in [1.82, 2.24) is 14.5 Å². The Morgan fingerprint density at radius 1 is 0.343 bits per heavy atom. The van der Waals surface area contributed by atoms with E-state index in [9.17, 15) is 0 Å². The summed E-state index contributed by atoms with van der Waals surface area (Å²) in [5.41, 5.74) is 10.9. The Morgan fingerprint density at radius 2 is 0.943 bits per heavy atom. The maximum Gasteiger partial charge on any atom is 0.159 e. The normalized spacial score (nSPS) is 11.7. The molecule has 0 bridgehead atoms. The van der Waals surface area contributed by atoms with E-state index in [1.807, 2.05) is 36.7 Å². The summed E-state index contributed by atoms with van der Waals surface area (Å²) in [4.78, 5) is 14.5. The number of fused-ring (bicyclic) bond motifs is 9. The number of pyridine rings is 2. The highest BCUT2D eigenvalue weighted by Crippen LogP contribution is 2.48. The van der Waals surface area contributed by atoms with Crippen LogP contribution in [0.5, 0.6) is 0 Å². The van der Waals surface area contributed by atoms with Crippen molar-refractivity contribution < 1.29 is 4.42 Å². The summed E-state index contributed by atoms with van der Waals surface area (Å²) in [5, 5.41) is 11.4. The quantitative estimate of drug-likeness (QED) is 0.152. The van der Waals surface area contributed by atoms with Gasteiger partial charge in [-0.2, -0.15) is 0 Å². The molecule has 10 aromatic carbocycles. The van der Waals surface area contributed by atoms with Crippen LogP contribution in [0.25, 0.3) is 92.9 Å². The summed E-state index contributed by atoms with van der Waals surface area (Å²) in [6.07, 6.45) is 3.71. The molecule has 0 aliphatic carbocycles. The van der Waals surface area contributed by atoms with Crippen LogP contribution < -0.4 is 9.80 Å². The first-order chi connectivity index (χ1) is 34.7. The molecule has 6 heteroatoms. The van der Waals surface area contributed by atoms with E-state index in [1.165, 1.54) is 27.1 Å². The standard InChI is InChI=1S/C64H41N5O/c1-2-18-45-37-48(32-29-42(45)15-1)67(62-27-9-11-35-65-62)60-41-49(68(63-28-10-12-36-66-63)56-25-13-19-43-16-3-5-21-50(43)56)40-55-54-34-31-47(39-61(54)70-64(55)60)46-30-33-53-52-23-7-8-24-58(52)69(59(53)38-46)57-26-14-20-44-17-4-6-22-51(44)57/h1-41H. The van der Waals surface area contributed by atoms with Gasteiger partial charge >= 0.3 is 0 Å². The van der Waals surface area contributed by atoms with E-state index >= 15 is 0 Å². The largest absolute Gasteiger partial charge is 0.454 e. The van der Waals surface area contributed by atoms with Gasteiger partial charge in [-0.1, -0.05) is 152 Å². The number of hydrogen-bond donors (Lipinski definition) is 0. The highest BCUT2D eigenvalue weighted by Gasteiger charge is 2.26. The van der Waals surface area contributed by atoms with E-state index in [0.717, 1.165) is 100 Å². The van der Waals surface area contributed by atoms with Gasteiger partial charge in [-0.05, 0) is 118 Å². The van der Waals surface area contributed by atoms with Crippen LogP contribution in [0.3, 0.4) is 0 Å². The lowest BCUT2D eigenvalue weighted by Crippen LogP contribution is -2.15. The first-order valence-corrected chi connectivity index (χ1v) is 23.6. The lowest BCUT2D eigenvalue weighted by Gasteiger charge is -2.29. The molecular weight excluding hydrogens is 855 g/mol. The first kappa shape index (κ1) is 39.6. The van der Waals surface area contributed by atoms with Crippen LogP contribution in [0.2, 0.25) is 0 Å². The Bertz CT molecular complexity index is 4320. The summed E-state index contributed by atoms with van der Waals surface area (Å²) >= 11 is 0. The maximum absolute atomic E-state index is 7.24. The average molecular weight is 896 g/mol. The number of benzene rings is 10. The van der Waals surface area contributed by atoms with Crippen LogP contribution in [0.1, 0.15) is 0 Å². The van der Waals surface area contributed by atoms with Gasteiger partial charge in [-0.25, -0.2) is 9.97 Å². The second-order valence-electron chi connectivity index (χ2n) is 17.8. The molecule has 0 atom stereocenters. The van der Waals surface area contributed by atoms with E-state index in [-0.39, 0.29) is 0 Å². The van der Waals surface area contributed by atoms with Crippen molar-refractivity contribution >= 4 is 110 Å². The minimum absolute atomic E-state index is 0.750. The summed E-state index contributed by atoms with van der Waals surface area (Å²) in [6.45, 7) is 0. The zero-order chi connectivity index (χ0) is 46.1. The van der Waals surface area contributed by atoms with Gasteiger partial charge in [-0.15, -0.1) is 0 Å². The van der Waals surface area contributed by atoms with Gasteiger partial charge in [0.15, 0.2) is 5.58 Å². The fourth-order valence-electron chi connectivity index (χ4n) is 10.6. The Kier molecular flexibility index (Phi) is 9.10. The Morgan fingerprint density at radius 3 is 1.71 bits per heavy atom. The van der Waals surface area contributed by atoms with Gasteiger partial charge in [0.2, 0.25) is 0 Å². The van der Waals surface area contributed by atoms with Crippen molar-refractivity contribution in [3.63, 3.8) is 0 Å². The molecule has 0 aliphatic rings. The maximum atomic E-state index is 7.24. The molecule has 0 aliphatic heterocycles. The Hall–Kier alpha value is -9.52. The number of para-hydroxylation sites is 1. The third-order valence-electron chi connectivity index (χ3n) is 13.8. The topological polar surface area (TPSA) is 50.3 Å². The fourth-order valence-corrected chi connectivity index (χ4v) is 10.6. The van der Waals surface area contributed by atoms with Crippen molar-refractivity contribution in [3.8, 4) is 16.8 Å². The molecule has 4 aromatic heterocycles. The van der Waals surface area contributed by atoms with Gasteiger partial charge in [-0.3, -0.25) is 9.80 Å². The van der Waals surface area contributed by atoms with E-state index in [1.54, 1.807) is 0 Å². The van der Waals surface area contributed by atoms with Crippen molar-refractivity contribution in [2.45, 2.75) is 0 Å². The fraction of sp³-hybridized carbons (Fsp3) is 0. The average Bonchev–Trinajstić information content (AvgIpc) is 3.96. The number of furan rings is 1. The molecular formula is C64H41N5O. The first-order valence-electron chi connectivity index (χ1n) is 23.6. The second-order valence-corrected chi connectivity index (χ2v) is 17.8. The molecule has 0 N–H and O–H groups in total. The van der Waals surface area contributed by atoms with Crippen molar-refractivity contribution in [2.75, 3.05) is 9.80 Å². The number of anilines is 6. The van der Waals surface area contributed by atoms with Gasteiger partial charge in [0.05, 0.1) is 33.8 Å².